The minimum atomic E-state index is -4.87. The zero-order valence-electron chi connectivity index (χ0n) is 17.9. The van der Waals surface area contributed by atoms with Gasteiger partial charge in [-0.25, -0.2) is 19.3 Å². The zero-order chi connectivity index (χ0) is 26.3. The standard InChI is InChI=1S/C21H15ClF7N5OS/c22-16-8-30-13(7-31-16)18(35)33-19-32-17(10-4-11(20(24,25)26)6-12(23)5-10)14(36-19)9-34-3-1-2-15(34)21(27,28)29/h4-8,15H,1-3,9H2,(H,32,33,35). The highest BCUT2D eigenvalue weighted by atomic mass is 35.5. The molecule has 1 aliphatic heterocycles. The molecule has 1 unspecified atom stereocenters. The Bertz CT molecular complexity index is 1260. The molecule has 1 aliphatic rings. The molecule has 0 spiro atoms. The minimum absolute atomic E-state index is 0.0294. The van der Waals surface area contributed by atoms with Gasteiger partial charge in [0.2, 0.25) is 0 Å². The molecule has 0 aliphatic carbocycles. The molecular formula is C21H15ClF7N5OS. The normalized spacial score (nSPS) is 16.9. The van der Waals surface area contributed by atoms with Gasteiger partial charge in [0.25, 0.3) is 5.91 Å². The van der Waals surface area contributed by atoms with E-state index in [9.17, 15) is 35.5 Å². The highest BCUT2D eigenvalue weighted by Gasteiger charge is 2.46. The number of nitrogens with zero attached hydrogens (tertiary/aromatic N) is 4. The van der Waals surface area contributed by atoms with Gasteiger partial charge in [-0.1, -0.05) is 22.9 Å². The fourth-order valence-electron chi connectivity index (χ4n) is 3.79. The Kier molecular flexibility index (Phi) is 7.21. The van der Waals surface area contributed by atoms with Crippen molar-refractivity contribution >= 4 is 34.0 Å². The molecule has 2 aromatic heterocycles. The number of alkyl halides is 6. The molecule has 0 bridgehead atoms. The molecule has 4 rings (SSSR count). The van der Waals surface area contributed by atoms with Gasteiger partial charge in [-0.15, -0.1) is 0 Å². The van der Waals surface area contributed by atoms with Crippen LogP contribution in [0.5, 0.6) is 0 Å². The molecule has 1 amide bonds. The summed E-state index contributed by atoms with van der Waals surface area (Å²) in [5, 5.41) is 2.31. The fraction of sp³-hybridized carbons (Fsp3) is 0.333. The van der Waals surface area contributed by atoms with Gasteiger partial charge >= 0.3 is 12.4 Å². The number of carbonyl (C=O) groups excluding carboxylic acids is 1. The summed E-state index contributed by atoms with van der Waals surface area (Å²) in [4.78, 5) is 25.4. The van der Waals surface area contributed by atoms with Crippen LogP contribution < -0.4 is 5.32 Å². The number of amides is 1. The van der Waals surface area contributed by atoms with Crippen molar-refractivity contribution in [3.05, 3.63) is 57.7 Å². The molecule has 0 saturated carbocycles. The van der Waals surface area contributed by atoms with E-state index < -0.39 is 35.7 Å². The maximum absolute atomic E-state index is 14.1. The van der Waals surface area contributed by atoms with Crippen molar-refractivity contribution < 1.29 is 35.5 Å². The van der Waals surface area contributed by atoms with E-state index in [1.165, 1.54) is 0 Å². The molecule has 36 heavy (non-hydrogen) atoms. The Morgan fingerprint density at radius 2 is 1.89 bits per heavy atom. The van der Waals surface area contributed by atoms with Gasteiger partial charge in [0, 0.05) is 17.0 Å². The summed E-state index contributed by atoms with van der Waals surface area (Å²) in [5.74, 6) is -1.98. The summed E-state index contributed by atoms with van der Waals surface area (Å²) in [6, 6.07) is 0.0174. The lowest BCUT2D eigenvalue weighted by Crippen LogP contribution is -2.40. The molecule has 1 atom stereocenters. The molecule has 1 fully saturated rings. The van der Waals surface area contributed by atoms with Gasteiger partial charge in [0.1, 0.15) is 22.7 Å². The second-order valence-electron chi connectivity index (χ2n) is 7.87. The predicted molar refractivity (Wildman–Crippen MR) is 117 cm³/mol. The number of likely N-dealkylation sites (tertiary alicyclic amines) is 1. The van der Waals surface area contributed by atoms with Gasteiger partial charge in [0.15, 0.2) is 5.13 Å². The van der Waals surface area contributed by atoms with Gasteiger partial charge in [-0.3, -0.25) is 15.0 Å². The quantitative estimate of drug-likeness (QED) is 0.382. The van der Waals surface area contributed by atoms with Crippen LogP contribution in [0.15, 0.2) is 30.6 Å². The lowest BCUT2D eigenvalue weighted by atomic mass is 10.1. The molecule has 1 aromatic carbocycles. The van der Waals surface area contributed by atoms with E-state index in [1.54, 1.807) is 0 Å². The van der Waals surface area contributed by atoms with Crippen LogP contribution in [0.4, 0.5) is 35.9 Å². The summed E-state index contributed by atoms with van der Waals surface area (Å²) in [7, 11) is 0. The van der Waals surface area contributed by atoms with Crippen molar-refractivity contribution in [2.45, 2.75) is 37.8 Å². The number of benzene rings is 1. The number of anilines is 1. The summed E-state index contributed by atoms with van der Waals surface area (Å²) in [5.41, 5.74) is -1.90. The van der Waals surface area contributed by atoms with E-state index in [-0.39, 0.29) is 58.0 Å². The first-order valence-electron chi connectivity index (χ1n) is 10.3. The molecule has 3 heterocycles. The van der Waals surface area contributed by atoms with Crippen LogP contribution in [0.2, 0.25) is 5.15 Å². The summed E-state index contributed by atoms with van der Waals surface area (Å²) in [6.45, 7) is -0.216. The summed E-state index contributed by atoms with van der Waals surface area (Å²) < 4.78 is 94.3. The van der Waals surface area contributed by atoms with Crippen molar-refractivity contribution in [3.63, 3.8) is 0 Å². The minimum Gasteiger partial charge on any atom is -0.296 e. The van der Waals surface area contributed by atoms with Crippen molar-refractivity contribution in [2.75, 3.05) is 11.9 Å². The molecule has 3 aromatic rings. The maximum Gasteiger partial charge on any atom is 0.416 e. The number of carbonyl (C=O) groups is 1. The molecule has 6 nitrogen and oxygen atoms in total. The van der Waals surface area contributed by atoms with Crippen LogP contribution in [0, 0.1) is 5.82 Å². The van der Waals surface area contributed by atoms with Crippen molar-refractivity contribution in [1.82, 2.24) is 19.9 Å². The maximum atomic E-state index is 14.1. The summed E-state index contributed by atoms with van der Waals surface area (Å²) in [6.07, 6.45) is -7.04. The van der Waals surface area contributed by atoms with E-state index in [1.807, 2.05) is 0 Å². The fourth-order valence-corrected chi connectivity index (χ4v) is 4.89. The highest BCUT2D eigenvalue weighted by molar-refractivity contribution is 7.16. The van der Waals surface area contributed by atoms with Crippen LogP contribution >= 0.6 is 22.9 Å². The van der Waals surface area contributed by atoms with E-state index in [0.29, 0.717) is 12.1 Å². The van der Waals surface area contributed by atoms with Crippen LogP contribution in [0.3, 0.4) is 0 Å². The summed E-state index contributed by atoms with van der Waals surface area (Å²) >= 11 is 6.41. The number of rotatable bonds is 5. The molecule has 1 N–H and O–H groups in total. The monoisotopic (exact) mass is 553 g/mol. The van der Waals surface area contributed by atoms with Crippen LogP contribution in [-0.4, -0.2) is 44.5 Å². The third-order valence-electron chi connectivity index (χ3n) is 5.36. The van der Waals surface area contributed by atoms with Gasteiger partial charge in [-0.05, 0) is 37.6 Å². The van der Waals surface area contributed by atoms with Crippen molar-refractivity contribution in [2.24, 2.45) is 0 Å². The average molecular weight is 554 g/mol. The van der Waals surface area contributed by atoms with Crippen LogP contribution in [0.25, 0.3) is 11.3 Å². The van der Waals surface area contributed by atoms with Gasteiger partial charge in [-0.2, -0.15) is 26.3 Å². The Morgan fingerprint density at radius 3 is 2.53 bits per heavy atom. The molecular weight excluding hydrogens is 539 g/mol. The first-order valence-corrected chi connectivity index (χ1v) is 11.5. The Hall–Kier alpha value is -2.84. The van der Waals surface area contributed by atoms with Gasteiger partial charge in [0.05, 0.1) is 23.7 Å². The van der Waals surface area contributed by atoms with Crippen molar-refractivity contribution in [1.29, 1.82) is 0 Å². The number of thiazole rings is 1. The van der Waals surface area contributed by atoms with E-state index >= 15 is 0 Å². The van der Waals surface area contributed by atoms with E-state index in [2.05, 4.69) is 20.3 Å². The predicted octanol–water partition coefficient (Wildman–Crippen LogP) is 6.19. The zero-order valence-corrected chi connectivity index (χ0v) is 19.5. The average Bonchev–Trinajstić information content (AvgIpc) is 3.40. The Labute approximate surface area is 208 Å². The first kappa shape index (κ1) is 26.2. The Morgan fingerprint density at radius 1 is 1.14 bits per heavy atom. The lowest BCUT2D eigenvalue weighted by Gasteiger charge is -2.26. The van der Waals surface area contributed by atoms with E-state index in [4.69, 9.17) is 11.6 Å². The SMILES string of the molecule is O=C(Nc1nc(-c2cc(F)cc(C(F)(F)F)c2)c(CN2CCCC2C(F)(F)F)s1)c1cnc(Cl)cn1. The molecule has 1 saturated heterocycles. The number of hydrogen-bond donors (Lipinski definition) is 1. The Balaban J connectivity index is 1.72. The number of aromatic nitrogens is 3. The smallest absolute Gasteiger partial charge is 0.296 e. The largest absolute Gasteiger partial charge is 0.416 e. The number of nitrogens with one attached hydrogen (secondary N) is 1. The number of halogens is 8. The lowest BCUT2D eigenvalue weighted by molar-refractivity contribution is -0.177. The topological polar surface area (TPSA) is 71.0 Å². The highest BCUT2D eigenvalue weighted by Crippen LogP contribution is 2.39. The molecule has 192 valence electrons. The second kappa shape index (κ2) is 9.90. The van der Waals surface area contributed by atoms with Gasteiger partial charge < -0.3 is 0 Å². The molecule has 0 radical (unpaired) electrons. The van der Waals surface area contributed by atoms with Crippen LogP contribution in [-0.2, 0) is 12.7 Å². The second-order valence-corrected chi connectivity index (χ2v) is 9.34. The third-order valence-corrected chi connectivity index (χ3v) is 6.51. The first-order chi connectivity index (χ1) is 16.8. The third kappa shape index (κ3) is 5.93. The van der Waals surface area contributed by atoms with Crippen molar-refractivity contribution in [3.8, 4) is 11.3 Å². The van der Waals surface area contributed by atoms with E-state index in [0.717, 1.165) is 34.7 Å². The molecule has 15 heteroatoms. The van der Waals surface area contributed by atoms with Crippen LogP contribution in [0.1, 0.15) is 33.8 Å². The number of hydrogen-bond acceptors (Lipinski definition) is 6.